The smallest absolute Gasteiger partial charge is 0.406 e. The number of rotatable bonds is 1. The lowest BCUT2D eigenvalue weighted by Crippen LogP contribution is -2.16. The maximum Gasteiger partial charge on any atom is 0.406 e. The molecule has 0 saturated carbocycles. The Labute approximate surface area is 98.4 Å². The van der Waals surface area contributed by atoms with Crippen molar-refractivity contribution < 1.29 is 19.4 Å². The second-order valence-corrected chi connectivity index (χ2v) is 1.77. The molecule has 0 unspecified atom stereocenters. The third-order valence-electron chi connectivity index (χ3n) is 0.989. The van der Waals surface area contributed by atoms with Crippen LogP contribution in [0.3, 0.4) is 0 Å². The number of aliphatic hydroxyl groups is 1. The predicted octanol–water partition coefficient (Wildman–Crippen LogP) is 0.749. The van der Waals surface area contributed by atoms with Crippen LogP contribution in [0.15, 0.2) is 0 Å². The van der Waals surface area contributed by atoms with E-state index >= 15 is 0 Å². The Kier molecular flexibility index (Phi) is 44.0. The van der Waals surface area contributed by atoms with Gasteiger partial charge >= 0.3 is 6.09 Å². The second kappa shape index (κ2) is 29.2. The molecule has 0 aliphatic carbocycles. The summed E-state index contributed by atoms with van der Waals surface area (Å²) in [4.78, 5) is 19.9. The van der Waals surface area contributed by atoms with E-state index in [9.17, 15) is 9.59 Å². The Morgan fingerprint density at radius 1 is 1.12 bits per heavy atom. The maximum atomic E-state index is 10.1. The minimum absolute atomic E-state index is 0.0926. The Balaban J connectivity index is -0.0000000686. The molecule has 6 heteroatoms. The summed E-state index contributed by atoms with van der Waals surface area (Å²) in [5.74, 6) is 0.0926. The van der Waals surface area contributed by atoms with Gasteiger partial charge in [0.1, 0.15) is 0 Å². The molecule has 0 rings (SSSR count). The number of nitrogens with one attached hydrogen (secondary N) is 2. The van der Waals surface area contributed by atoms with Gasteiger partial charge in [0.25, 0.3) is 0 Å². The molecule has 0 saturated heterocycles. The number of amides is 2. The van der Waals surface area contributed by atoms with Crippen LogP contribution in [0.1, 0.15) is 27.2 Å². The molecule has 0 aliphatic rings. The topological polar surface area (TPSA) is 87.7 Å². The molecule has 0 aromatic carbocycles. The van der Waals surface area contributed by atoms with Crippen molar-refractivity contribution in [2.45, 2.75) is 27.2 Å². The fraction of sp³-hybridized carbons (Fsp3) is 0.800. The van der Waals surface area contributed by atoms with Crippen LogP contribution in [0.5, 0.6) is 0 Å². The number of alkyl carbamates (subject to hydrolysis) is 1. The van der Waals surface area contributed by atoms with E-state index < -0.39 is 6.09 Å². The molecule has 0 radical (unpaired) electrons. The first-order valence-corrected chi connectivity index (χ1v) is 5.03. The van der Waals surface area contributed by atoms with Crippen LogP contribution >= 0.6 is 0 Å². The van der Waals surface area contributed by atoms with Crippen LogP contribution in [0, 0.1) is 0 Å². The molecule has 0 spiro atoms. The molecular formula is C10H26N2O4. The Morgan fingerprint density at radius 3 is 1.50 bits per heavy atom. The summed E-state index contributed by atoms with van der Waals surface area (Å²) in [5.41, 5.74) is 0. The van der Waals surface area contributed by atoms with Gasteiger partial charge in [-0.2, -0.15) is 0 Å². The van der Waals surface area contributed by atoms with Gasteiger partial charge in [-0.1, -0.05) is 20.8 Å². The van der Waals surface area contributed by atoms with E-state index in [1.54, 1.807) is 7.05 Å². The molecule has 0 heterocycles. The number of carbonyl (C=O) groups is 2. The zero-order chi connectivity index (χ0) is 14.0. The number of methoxy groups -OCH3 is 1. The van der Waals surface area contributed by atoms with E-state index in [2.05, 4.69) is 15.4 Å². The molecule has 3 N–H and O–H groups in total. The summed E-state index contributed by atoms with van der Waals surface area (Å²) < 4.78 is 4.15. The Hall–Kier alpha value is -1.30. The highest BCUT2D eigenvalue weighted by atomic mass is 16.5. The first-order valence-electron chi connectivity index (χ1n) is 5.03. The first-order chi connectivity index (χ1) is 7.62. The van der Waals surface area contributed by atoms with Crippen molar-refractivity contribution in [1.82, 2.24) is 10.6 Å². The summed E-state index contributed by atoms with van der Waals surface area (Å²) in [7, 11) is 5.45. The van der Waals surface area contributed by atoms with Crippen molar-refractivity contribution in [2.24, 2.45) is 0 Å². The predicted molar refractivity (Wildman–Crippen MR) is 65.3 cm³/mol. The van der Waals surface area contributed by atoms with Crippen LogP contribution in [0.25, 0.3) is 0 Å². The fourth-order valence-corrected chi connectivity index (χ4v) is 0.279. The monoisotopic (exact) mass is 238 g/mol. The lowest BCUT2D eigenvalue weighted by molar-refractivity contribution is -0.120. The molecule has 0 aliphatic heterocycles. The third-order valence-corrected chi connectivity index (χ3v) is 0.989. The van der Waals surface area contributed by atoms with E-state index in [-0.39, 0.29) is 5.91 Å². The normalized spacial score (nSPS) is 6.25. The molecule has 0 fully saturated rings. The van der Waals surface area contributed by atoms with Gasteiger partial charge in [0, 0.05) is 27.6 Å². The van der Waals surface area contributed by atoms with Crippen molar-refractivity contribution in [2.75, 3.05) is 28.3 Å². The molecule has 6 nitrogen and oxygen atoms in total. The first kappa shape index (κ1) is 24.1. The average Bonchev–Trinajstić information content (AvgIpc) is 2.41. The van der Waals surface area contributed by atoms with Gasteiger partial charge in [-0.05, 0) is 0 Å². The van der Waals surface area contributed by atoms with Crippen LogP contribution in [-0.4, -0.2) is 45.4 Å². The van der Waals surface area contributed by atoms with Gasteiger partial charge in [0.05, 0.1) is 7.11 Å². The molecule has 16 heavy (non-hydrogen) atoms. The second-order valence-electron chi connectivity index (χ2n) is 1.77. The molecule has 2 amide bonds. The van der Waals surface area contributed by atoms with E-state index in [1.165, 1.54) is 14.2 Å². The number of aliphatic hydroxyl groups excluding tert-OH is 1. The average molecular weight is 238 g/mol. The minimum atomic E-state index is -0.407. The van der Waals surface area contributed by atoms with E-state index in [4.69, 9.17) is 5.11 Å². The zero-order valence-electron chi connectivity index (χ0n) is 11.4. The lowest BCUT2D eigenvalue weighted by Gasteiger charge is -1.90. The van der Waals surface area contributed by atoms with Crippen LogP contribution in [0.2, 0.25) is 0 Å². The summed E-state index contributed by atoms with van der Waals surface area (Å²) in [6, 6.07) is 0. The SMILES string of the molecule is CC.CCC(=O)NC.CNC(=O)OC.CO. The highest BCUT2D eigenvalue weighted by Gasteiger charge is 1.85. The van der Waals surface area contributed by atoms with Gasteiger partial charge < -0.3 is 20.5 Å². The summed E-state index contributed by atoms with van der Waals surface area (Å²) in [5, 5.41) is 11.7. The molecule has 0 atom stereocenters. The highest BCUT2D eigenvalue weighted by molar-refractivity contribution is 5.74. The zero-order valence-corrected chi connectivity index (χ0v) is 11.4. The Bertz CT molecular complexity index is 113. The lowest BCUT2D eigenvalue weighted by atomic mass is 10.5. The van der Waals surface area contributed by atoms with Crippen molar-refractivity contribution in [3.63, 3.8) is 0 Å². The summed E-state index contributed by atoms with van der Waals surface area (Å²) >= 11 is 0. The standard InChI is InChI=1S/C4H9NO.C3H7NO2.C2H6.CH4O/c1-3-4(6)5-2;1-4-3(5)6-2;2*1-2/h3H2,1-2H3,(H,5,6);1-2H3,(H,4,5);1-2H3;2H,1H3. The fourth-order valence-electron chi connectivity index (χ4n) is 0.279. The van der Waals surface area contributed by atoms with Crippen molar-refractivity contribution in [3.05, 3.63) is 0 Å². The number of carbonyl (C=O) groups excluding carboxylic acids is 2. The third kappa shape index (κ3) is 38.7. The maximum absolute atomic E-state index is 10.1. The quantitative estimate of drug-likeness (QED) is 0.629. The van der Waals surface area contributed by atoms with Crippen LogP contribution < -0.4 is 10.6 Å². The number of ether oxygens (including phenoxy) is 1. The van der Waals surface area contributed by atoms with E-state index in [0.717, 1.165) is 7.11 Å². The molecule has 0 aromatic heterocycles. The largest absolute Gasteiger partial charge is 0.453 e. The molecule has 0 bridgehead atoms. The summed E-state index contributed by atoms with van der Waals surface area (Å²) in [6.07, 6.45) is 0.172. The number of hydrogen-bond donors (Lipinski definition) is 3. The van der Waals surface area contributed by atoms with Crippen LogP contribution in [-0.2, 0) is 9.53 Å². The van der Waals surface area contributed by atoms with E-state index in [1.807, 2.05) is 20.8 Å². The Morgan fingerprint density at radius 2 is 1.50 bits per heavy atom. The number of hydrogen-bond acceptors (Lipinski definition) is 4. The highest BCUT2D eigenvalue weighted by Crippen LogP contribution is 1.68. The molecular weight excluding hydrogens is 212 g/mol. The van der Waals surface area contributed by atoms with Gasteiger partial charge in [-0.25, -0.2) is 4.79 Å². The van der Waals surface area contributed by atoms with Crippen molar-refractivity contribution in [1.29, 1.82) is 0 Å². The molecule has 0 aromatic rings. The van der Waals surface area contributed by atoms with E-state index in [0.29, 0.717) is 6.42 Å². The van der Waals surface area contributed by atoms with Crippen molar-refractivity contribution in [3.8, 4) is 0 Å². The molecule has 100 valence electrons. The van der Waals surface area contributed by atoms with Gasteiger partial charge in [0.2, 0.25) is 5.91 Å². The van der Waals surface area contributed by atoms with Crippen molar-refractivity contribution >= 4 is 12.0 Å². The summed E-state index contributed by atoms with van der Waals surface area (Å²) in [6.45, 7) is 5.82. The van der Waals surface area contributed by atoms with Gasteiger partial charge in [-0.3, -0.25) is 4.79 Å². The van der Waals surface area contributed by atoms with Gasteiger partial charge in [0.15, 0.2) is 0 Å². The van der Waals surface area contributed by atoms with Gasteiger partial charge in [-0.15, -0.1) is 0 Å². The minimum Gasteiger partial charge on any atom is -0.453 e. The van der Waals surface area contributed by atoms with Crippen LogP contribution in [0.4, 0.5) is 4.79 Å².